The maximum atomic E-state index is 12.4. The standard InChI is InChI=1S/C21H23N5O2/c22-20-17-13-16(8-9-18(17)24-25-20)14-4-6-15(7-5-14)21(28)23-10-12-26-11-2-1-3-19(26)27/h4-9,13H,1-3,10-12H2,(H,23,28)(H3,22,24,25). The molecule has 1 aliphatic heterocycles. The number of hydrogen-bond acceptors (Lipinski definition) is 4. The van der Waals surface area contributed by atoms with Crippen LogP contribution >= 0.6 is 0 Å². The Balaban J connectivity index is 1.38. The van der Waals surface area contributed by atoms with Crippen LogP contribution in [0.5, 0.6) is 0 Å². The van der Waals surface area contributed by atoms with Gasteiger partial charge in [0.15, 0.2) is 5.82 Å². The first-order valence-electron chi connectivity index (χ1n) is 9.52. The number of nitrogen functional groups attached to an aromatic ring is 1. The largest absolute Gasteiger partial charge is 0.382 e. The van der Waals surface area contributed by atoms with Gasteiger partial charge in [0.2, 0.25) is 5.91 Å². The molecular weight excluding hydrogens is 354 g/mol. The normalized spacial score (nSPS) is 14.4. The molecule has 1 aromatic heterocycles. The zero-order valence-electron chi connectivity index (χ0n) is 15.6. The first kappa shape index (κ1) is 18.0. The Morgan fingerprint density at radius 1 is 1.14 bits per heavy atom. The van der Waals surface area contributed by atoms with Gasteiger partial charge >= 0.3 is 0 Å². The van der Waals surface area contributed by atoms with Crippen LogP contribution in [0.4, 0.5) is 5.82 Å². The van der Waals surface area contributed by atoms with Crippen LogP contribution < -0.4 is 11.1 Å². The molecule has 2 heterocycles. The fraction of sp³-hybridized carbons (Fsp3) is 0.286. The summed E-state index contributed by atoms with van der Waals surface area (Å²) >= 11 is 0. The zero-order chi connectivity index (χ0) is 19.5. The van der Waals surface area contributed by atoms with Crippen molar-refractivity contribution in [2.75, 3.05) is 25.4 Å². The number of aromatic nitrogens is 2. The van der Waals surface area contributed by atoms with Crippen molar-refractivity contribution in [1.82, 2.24) is 20.4 Å². The van der Waals surface area contributed by atoms with E-state index in [0.29, 0.717) is 30.9 Å². The lowest BCUT2D eigenvalue weighted by molar-refractivity contribution is -0.133. The van der Waals surface area contributed by atoms with Crippen LogP contribution in [0.25, 0.3) is 22.0 Å². The summed E-state index contributed by atoms with van der Waals surface area (Å²) in [6, 6.07) is 13.4. The summed E-state index contributed by atoms with van der Waals surface area (Å²) in [6.07, 6.45) is 2.62. The number of aromatic amines is 1. The Bertz CT molecular complexity index is 1010. The van der Waals surface area contributed by atoms with Crippen LogP contribution in [0.3, 0.4) is 0 Å². The Kier molecular flexibility index (Phi) is 4.97. The minimum Gasteiger partial charge on any atom is -0.382 e. The molecule has 0 aliphatic carbocycles. The number of rotatable bonds is 5. The summed E-state index contributed by atoms with van der Waals surface area (Å²) in [4.78, 5) is 26.0. The molecule has 2 amide bonds. The molecule has 7 nitrogen and oxygen atoms in total. The molecule has 0 unspecified atom stereocenters. The molecule has 2 aromatic carbocycles. The van der Waals surface area contributed by atoms with Crippen LogP contribution in [0.15, 0.2) is 42.5 Å². The topological polar surface area (TPSA) is 104 Å². The number of hydrogen-bond donors (Lipinski definition) is 3. The molecule has 1 aliphatic rings. The number of benzene rings is 2. The molecule has 144 valence electrons. The van der Waals surface area contributed by atoms with Crippen LogP contribution in [0.1, 0.15) is 29.6 Å². The Morgan fingerprint density at radius 3 is 2.71 bits per heavy atom. The minimum atomic E-state index is -0.134. The number of carbonyl (C=O) groups excluding carboxylic acids is 2. The van der Waals surface area contributed by atoms with Crippen molar-refractivity contribution in [2.24, 2.45) is 0 Å². The van der Waals surface area contributed by atoms with Crippen molar-refractivity contribution in [3.05, 3.63) is 48.0 Å². The predicted octanol–water partition coefficient (Wildman–Crippen LogP) is 2.55. The van der Waals surface area contributed by atoms with Gasteiger partial charge in [-0.25, -0.2) is 0 Å². The summed E-state index contributed by atoms with van der Waals surface area (Å²) in [5.41, 5.74) is 9.37. The van der Waals surface area contributed by atoms with Gasteiger partial charge in [0.1, 0.15) is 0 Å². The van der Waals surface area contributed by atoms with Gasteiger partial charge in [-0.1, -0.05) is 18.2 Å². The molecule has 3 aromatic rings. The Labute approximate surface area is 162 Å². The summed E-state index contributed by atoms with van der Waals surface area (Å²) in [7, 11) is 0. The van der Waals surface area contributed by atoms with Crippen LogP contribution in [0, 0.1) is 0 Å². The van der Waals surface area contributed by atoms with Gasteiger partial charge in [0.05, 0.1) is 5.52 Å². The van der Waals surface area contributed by atoms with E-state index in [1.807, 2.05) is 35.2 Å². The van der Waals surface area contributed by atoms with Gasteiger partial charge in [-0.2, -0.15) is 5.10 Å². The number of piperidine rings is 1. The molecular formula is C21H23N5O2. The quantitative estimate of drug-likeness (QED) is 0.635. The second kappa shape index (κ2) is 7.72. The molecule has 1 fully saturated rings. The van der Waals surface area contributed by atoms with E-state index in [2.05, 4.69) is 15.5 Å². The summed E-state index contributed by atoms with van der Waals surface area (Å²) in [5, 5.41) is 10.7. The Hall–Kier alpha value is -3.35. The van der Waals surface area contributed by atoms with Gasteiger partial charge in [-0.15, -0.1) is 0 Å². The number of anilines is 1. The number of nitrogens with one attached hydrogen (secondary N) is 2. The number of nitrogens with zero attached hydrogens (tertiary/aromatic N) is 2. The average Bonchev–Trinajstić information content (AvgIpc) is 3.10. The molecule has 28 heavy (non-hydrogen) atoms. The molecule has 1 saturated heterocycles. The van der Waals surface area contributed by atoms with Gasteiger partial charge in [0.25, 0.3) is 5.91 Å². The minimum absolute atomic E-state index is 0.134. The lowest BCUT2D eigenvalue weighted by atomic mass is 10.0. The van der Waals surface area contributed by atoms with Crippen LogP contribution in [0.2, 0.25) is 0 Å². The highest BCUT2D eigenvalue weighted by molar-refractivity contribution is 5.95. The van der Waals surface area contributed by atoms with E-state index in [4.69, 9.17) is 5.73 Å². The van der Waals surface area contributed by atoms with Gasteiger partial charge in [-0.05, 0) is 48.2 Å². The number of fused-ring (bicyclic) bond motifs is 1. The number of nitrogens with two attached hydrogens (primary N) is 1. The molecule has 0 radical (unpaired) electrons. The maximum absolute atomic E-state index is 12.4. The monoisotopic (exact) mass is 377 g/mol. The number of amides is 2. The van der Waals surface area contributed by atoms with E-state index in [1.165, 1.54) is 0 Å². The zero-order valence-corrected chi connectivity index (χ0v) is 15.6. The third-order valence-corrected chi connectivity index (χ3v) is 5.16. The third-order valence-electron chi connectivity index (χ3n) is 5.16. The summed E-state index contributed by atoms with van der Waals surface area (Å²) in [6.45, 7) is 1.81. The van der Waals surface area contributed by atoms with Crippen molar-refractivity contribution in [3.63, 3.8) is 0 Å². The SMILES string of the molecule is Nc1n[nH]c2ccc(-c3ccc(C(=O)NCCN4CCCCC4=O)cc3)cc12. The first-order valence-corrected chi connectivity index (χ1v) is 9.52. The van der Waals surface area contributed by atoms with Crippen LogP contribution in [-0.2, 0) is 4.79 Å². The van der Waals surface area contributed by atoms with Crippen molar-refractivity contribution in [1.29, 1.82) is 0 Å². The fourth-order valence-electron chi connectivity index (χ4n) is 3.53. The van der Waals surface area contributed by atoms with E-state index < -0.39 is 0 Å². The molecule has 4 rings (SSSR count). The molecule has 4 N–H and O–H groups in total. The number of likely N-dealkylation sites (tertiary alicyclic amines) is 1. The van der Waals surface area contributed by atoms with E-state index in [0.717, 1.165) is 41.4 Å². The molecule has 0 saturated carbocycles. The summed E-state index contributed by atoms with van der Waals surface area (Å²) in [5.74, 6) is 0.519. The highest BCUT2D eigenvalue weighted by Crippen LogP contribution is 2.26. The van der Waals surface area contributed by atoms with Gasteiger partial charge in [-0.3, -0.25) is 14.7 Å². The summed E-state index contributed by atoms with van der Waals surface area (Å²) < 4.78 is 0. The number of H-pyrrole nitrogens is 1. The van der Waals surface area contributed by atoms with E-state index >= 15 is 0 Å². The molecule has 0 spiro atoms. The third kappa shape index (κ3) is 3.69. The molecule has 7 heteroatoms. The molecule has 0 bridgehead atoms. The molecule has 0 atom stereocenters. The fourth-order valence-corrected chi connectivity index (χ4v) is 3.53. The lowest BCUT2D eigenvalue weighted by Crippen LogP contribution is -2.41. The van der Waals surface area contributed by atoms with Crippen molar-refractivity contribution in [2.45, 2.75) is 19.3 Å². The van der Waals surface area contributed by atoms with Crippen molar-refractivity contribution < 1.29 is 9.59 Å². The highest BCUT2D eigenvalue weighted by Gasteiger charge is 2.17. The average molecular weight is 377 g/mol. The second-order valence-corrected chi connectivity index (χ2v) is 7.04. The van der Waals surface area contributed by atoms with Gasteiger partial charge < -0.3 is 16.0 Å². The van der Waals surface area contributed by atoms with E-state index in [9.17, 15) is 9.59 Å². The van der Waals surface area contributed by atoms with Crippen LogP contribution in [-0.4, -0.2) is 46.5 Å². The maximum Gasteiger partial charge on any atom is 0.251 e. The smallest absolute Gasteiger partial charge is 0.251 e. The van der Waals surface area contributed by atoms with Gasteiger partial charge in [0, 0.05) is 37.0 Å². The lowest BCUT2D eigenvalue weighted by Gasteiger charge is -2.26. The highest BCUT2D eigenvalue weighted by atomic mass is 16.2. The Morgan fingerprint density at radius 2 is 1.93 bits per heavy atom. The van der Waals surface area contributed by atoms with Crippen molar-refractivity contribution >= 4 is 28.5 Å². The van der Waals surface area contributed by atoms with E-state index in [1.54, 1.807) is 12.1 Å². The van der Waals surface area contributed by atoms with Crippen molar-refractivity contribution in [3.8, 4) is 11.1 Å². The predicted molar refractivity (Wildman–Crippen MR) is 109 cm³/mol. The number of carbonyl (C=O) groups is 2. The first-order chi connectivity index (χ1) is 13.6. The second-order valence-electron chi connectivity index (χ2n) is 7.04. The van der Waals surface area contributed by atoms with E-state index in [-0.39, 0.29) is 11.8 Å².